The predicted octanol–water partition coefficient (Wildman–Crippen LogP) is 1.63. The van der Waals surface area contributed by atoms with E-state index < -0.39 is 31.7 Å². The van der Waals surface area contributed by atoms with Gasteiger partial charge >= 0.3 is 26.1 Å². The van der Waals surface area contributed by atoms with Crippen LogP contribution in [-0.4, -0.2) is 64.6 Å². The van der Waals surface area contributed by atoms with Crippen molar-refractivity contribution in [3.8, 4) is 0 Å². The van der Waals surface area contributed by atoms with Crippen LogP contribution < -0.4 is 0 Å². The molecule has 0 aliphatic carbocycles. The first kappa shape index (κ1) is 26.5. The van der Waals surface area contributed by atoms with Crippen LogP contribution in [-0.2, 0) is 4.57 Å². The van der Waals surface area contributed by atoms with Crippen molar-refractivity contribution in [1.82, 2.24) is 0 Å². The molecular formula is C7H17O12P. The van der Waals surface area contributed by atoms with Crippen molar-refractivity contribution < 1.29 is 59.4 Å². The van der Waals surface area contributed by atoms with Crippen molar-refractivity contribution in [3.05, 3.63) is 0 Å². The minimum absolute atomic E-state index is 0.484. The van der Waals surface area contributed by atoms with Crippen LogP contribution in [0.3, 0.4) is 0 Å². The van der Waals surface area contributed by atoms with Gasteiger partial charge in [0.05, 0.1) is 5.66 Å². The first-order valence-corrected chi connectivity index (χ1v) is 6.17. The molecule has 0 saturated carbocycles. The van der Waals surface area contributed by atoms with E-state index in [1.807, 2.05) is 0 Å². The maximum Gasteiger partial charge on any atom is 0.503 e. The summed E-state index contributed by atoms with van der Waals surface area (Å²) in [7, 11) is -3.76. The summed E-state index contributed by atoms with van der Waals surface area (Å²) in [6, 6.07) is 0. The Morgan fingerprint density at radius 2 is 1.00 bits per heavy atom. The van der Waals surface area contributed by atoms with E-state index in [4.69, 9.17) is 54.8 Å². The summed E-state index contributed by atoms with van der Waals surface area (Å²) in [6.07, 6.45) is -4.97. The minimum atomic E-state index is -3.76. The Balaban J connectivity index is -0.0000000917. The molecular weight excluding hydrogens is 307 g/mol. The first-order chi connectivity index (χ1) is 8.68. The van der Waals surface area contributed by atoms with Gasteiger partial charge in [-0.05, 0) is 6.42 Å². The molecule has 0 saturated heterocycles. The van der Waals surface area contributed by atoms with Crippen molar-refractivity contribution in [3.63, 3.8) is 0 Å². The predicted molar refractivity (Wildman–Crippen MR) is 63.8 cm³/mol. The summed E-state index contributed by atoms with van der Waals surface area (Å²) < 4.78 is 10.3. The molecule has 0 rings (SSSR count). The zero-order valence-electron chi connectivity index (χ0n) is 10.4. The average molecular weight is 324 g/mol. The molecule has 1 atom stereocenters. The van der Waals surface area contributed by atoms with E-state index in [1.54, 1.807) is 13.8 Å². The monoisotopic (exact) mass is 324 g/mol. The maximum atomic E-state index is 10.3. The second kappa shape index (κ2) is 15.0. The third-order valence-corrected chi connectivity index (χ3v) is 2.68. The van der Waals surface area contributed by atoms with Crippen molar-refractivity contribution >= 4 is 26.1 Å². The summed E-state index contributed by atoms with van der Waals surface area (Å²) in [6.45, 7) is 3.30. The van der Waals surface area contributed by atoms with Crippen molar-refractivity contribution in [1.29, 1.82) is 0 Å². The summed E-state index contributed by atoms with van der Waals surface area (Å²) in [5, 5.41) is 41.8. The summed E-state index contributed by atoms with van der Waals surface area (Å²) >= 11 is 0. The fraction of sp³-hybridized carbons (Fsp3) is 0.571. The molecule has 122 valence electrons. The van der Waals surface area contributed by atoms with Gasteiger partial charge in [0.1, 0.15) is 0 Å². The highest BCUT2D eigenvalue weighted by Crippen LogP contribution is 2.42. The number of hydrogen-bond donors (Lipinski definition) is 8. The van der Waals surface area contributed by atoms with E-state index in [-0.39, 0.29) is 0 Å². The molecule has 0 aliphatic heterocycles. The van der Waals surface area contributed by atoms with Crippen LogP contribution >= 0.6 is 7.60 Å². The van der Waals surface area contributed by atoms with Gasteiger partial charge in [-0.2, -0.15) is 0 Å². The average Bonchev–Trinajstić information content (AvgIpc) is 2.12. The molecule has 12 nitrogen and oxygen atoms in total. The maximum absolute atomic E-state index is 10.3. The van der Waals surface area contributed by atoms with Crippen LogP contribution in [0, 0.1) is 0 Å². The van der Waals surface area contributed by atoms with E-state index >= 15 is 0 Å². The lowest BCUT2D eigenvalue weighted by Gasteiger charge is -2.08. The molecule has 0 amide bonds. The van der Waals surface area contributed by atoms with Gasteiger partial charge in [-0.15, -0.1) is 0 Å². The molecule has 0 bridgehead atoms. The Hall–Kier alpha value is -2.04. The van der Waals surface area contributed by atoms with Gasteiger partial charge in [-0.1, -0.05) is 13.8 Å². The molecule has 0 heterocycles. The third-order valence-electron chi connectivity index (χ3n) is 1.17. The van der Waals surface area contributed by atoms with Gasteiger partial charge in [0.15, 0.2) is 0 Å². The Kier molecular flexibility index (Phi) is 19.9. The lowest BCUT2D eigenvalue weighted by Crippen LogP contribution is -1.99. The van der Waals surface area contributed by atoms with Gasteiger partial charge < -0.3 is 40.4 Å². The number of hydrogen-bond acceptors (Lipinski definition) is 4. The van der Waals surface area contributed by atoms with Gasteiger partial charge in [-0.25, -0.2) is 14.4 Å². The fourth-order valence-electron chi connectivity index (χ4n) is 0.238. The zero-order valence-corrected chi connectivity index (χ0v) is 11.3. The van der Waals surface area contributed by atoms with Crippen LogP contribution in [0.1, 0.15) is 20.3 Å². The Morgan fingerprint density at radius 3 is 1.00 bits per heavy atom. The minimum Gasteiger partial charge on any atom is -0.450 e. The van der Waals surface area contributed by atoms with Crippen LogP contribution in [0.4, 0.5) is 14.4 Å². The van der Waals surface area contributed by atoms with Crippen molar-refractivity contribution in [2.24, 2.45) is 0 Å². The van der Waals surface area contributed by atoms with Gasteiger partial charge in [0.2, 0.25) is 0 Å². The molecule has 1 unspecified atom stereocenters. The largest absolute Gasteiger partial charge is 0.503 e. The lowest BCUT2D eigenvalue weighted by atomic mass is 10.4. The highest BCUT2D eigenvalue weighted by Gasteiger charge is 2.20. The molecule has 0 fully saturated rings. The summed E-state index contributed by atoms with van der Waals surface area (Å²) in [5.41, 5.74) is -0.484. The topological polar surface area (TPSA) is 230 Å². The molecule has 0 aromatic heterocycles. The molecule has 0 aromatic carbocycles. The van der Waals surface area contributed by atoms with Crippen molar-refractivity contribution in [2.45, 2.75) is 25.9 Å². The molecule has 0 aromatic rings. The van der Waals surface area contributed by atoms with Gasteiger partial charge in [0.25, 0.3) is 0 Å². The van der Waals surface area contributed by atoms with E-state index in [9.17, 15) is 4.57 Å². The zero-order chi connectivity index (χ0) is 17.5. The molecule has 13 heteroatoms. The molecule has 0 radical (unpaired) electrons. The van der Waals surface area contributed by atoms with Gasteiger partial charge in [0, 0.05) is 0 Å². The third kappa shape index (κ3) is 101. The molecule has 20 heavy (non-hydrogen) atoms. The van der Waals surface area contributed by atoms with Crippen molar-refractivity contribution in [2.75, 3.05) is 0 Å². The molecule has 0 aliphatic rings. The summed E-state index contributed by atoms with van der Waals surface area (Å²) in [5.74, 6) is 0. The smallest absolute Gasteiger partial charge is 0.450 e. The van der Waals surface area contributed by atoms with E-state index in [0.29, 0.717) is 6.42 Å². The standard InChI is InChI=1S/C4H11O3P.3CH2O3/c1-3-4(2)8(5,6)7;3*2-1(3)4/h4H,3H2,1-2H3,(H2,5,6,7);3*(H2,2,3,4). The second-order valence-corrected chi connectivity index (χ2v) is 4.75. The van der Waals surface area contributed by atoms with Crippen LogP contribution in [0.5, 0.6) is 0 Å². The molecule has 0 spiro atoms. The quantitative estimate of drug-likeness (QED) is 0.338. The van der Waals surface area contributed by atoms with Crippen LogP contribution in [0.25, 0.3) is 0 Å². The Labute approximate surface area is 112 Å². The fourth-order valence-corrected chi connectivity index (χ4v) is 0.714. The summed E-state index contributed by atoms with van der Waals surface area (Å²) in [4.78, 5) is 42.5. The van der Waals surface area contributed by atoms with E-state index in [0.717, 1.165) is 0 Å². The SMILES string of the molecule is CCC(C)P(=O)(O)O.O=C(O)O.O=C(O)O.O=C(O)O. The van der Waals surface area contributed by atoms with E-state index in [1.165, 1.54) is 0 Å². The number of rotatable bonds is 2. The van der Waals surface area contributed by atoms with Gasteiger partial charge in [-0.3, -0.25) is 4.57 Å². The number of carbonyl (C=O) groups is 3. The normalized spacial score (nSPS) is 10.0. The van der Waals surface area contributed by atoms with Crippen LogP contribution in [0.15, 0.2) is 0 Å². The highest BCUT2D eigenvalue weighted by molar-refractivity contribution is 7.52. The second-order valence-electron chi connectivity index (χ2n) is 2.69. The Morgan fingerprint density at radius 1 is 0.850 bits per heavy atom. The lowest BCUT2D eigenvalue weighted by molar-refractivity contribution is 0.135. The van der Waals surface area contributed by atoms with Crippen LogP contribution in [0.2, 0.25) is 0 Å². The Bertz CT molecular complexity index is 279. The molecule has 8 N–H and O–H groups in total. The number of carboxylic acid groups (broad SMARTS) is 6. The first-order valence-electron chi connectivity index (χ1n) is 4.49. The highest BCUT2D eigenvalue weighted by atomic mass is 31.2. The van der Waals surface area contributed by atoms with E-state index in [2.05, 4.69) is 0 Å².